The zero-order chi connectivity index (χ0) is 29.6. The minimum absolute atomic E-state index is 0.225. The first kappa shape index (κ1) is 34.0. The number of nitrogens with zero attached hydrogens (tertiary/aromatic N) is 3. The van der Waals surface area contributed by atoms with Gasteiger partial charge in [0.25, 0.3) is 0 Å². The molecule has 0 aliphatic carbocycles. The Morgan fingerprint density at radius 2 is 1.72 bits per heavy atom. The van der Waals surface area contributed by atoms with E-state index < -0.39 is 11.6 Å². The number of halogens is 1. The van der Waals surface area contributed by atoms with Crippen LogP contribution in [0.3, 0.4) is 0 Å². The van der Waals surface area contributed by atoms with Crippen LogP contribution in [-0.2, 0) is 16.0 Å². The van der Waals surface area contributed by atoms with Crippen molar-refractivity contribution in [3.05, 3.63) is 70.0 Å². The fourth-order valence-electron chi connectivity index (χ4n) is 4.05. The molecule has 0 saturated carbocycles. The minimum Gasteiger partial charge on any atom is -0.478 e. The van der Waals surface area contributed by atoms with Crippen LogP contribution in [0.5, 0.6) is 0 Å². The highest BCUT2D eigenvalue weighted by molar-refractivity contribution is 6.30. The molecular weight excluding hydrogens is 514 g/mol. The third-order valence-corrected chi connectivity index (χ3v) is 6.19. The fraction of sp³-hybridized carbons (Fsp3) is 0.516. The summed E-state index contributed by atoms with van der Waals surface area (Å²) in [6.45, 7) is 17.4. The monoisotopic (exact) mass is 559 g/mol. The van der Waals surface area contributed by atoms with Gasteiger partial charge in [0, 0.05) is 54.4 Å². The number of hydrogen-bond donors (Lipinski definition) is 1. The quantitative estimate of drug-likeness (QED) is 0.202. The van der Waals surface area contributed by atoms with E-state index in [4.69, 9.17) is 16.3 Å². The largest absolute Gasteiger partial charge is 0.478 e. The molecule has 2 rings (SSSR count). The average Bonchev–Trinajstić information content (AvgIpc) is 2.86. The van der Waals surface area contributed by atoms with Crippen LogP contribution in [0.4, 0.5) is 4.79 Å². The maximum Gasteiger partial charge on any atom is 0.410 e. The van der Waals surface area contributed by atoms with Crippen LogP contribution in [0.25, 0.3) is 0 Å². The molecule has 1 saturated heterocycles. The lowest BCUT2D eigenvalue weighted by Crippen LogP contribution is -2.49. The summed E-state index contributed by atoms with van der Waals surface area (Å²) >= 11 is 5.78. The Labute approximate surface area is 239 Å². The lowest BCUT2D eigenvalue weighted by Gasteiger charge is -2.38. The second-order valence-corrected chi connectivity index (χ2v) is 10.7. The van der Waals surface area contributed by atoms with E-state index in [-0.39, 0.29) is 11.7 Å². The van der Waals surface area contributed by atoms with Gasteiger partial charge in [0.05, 0.1) is 5.57 Å². The molecule has 1 aliphatic rings. The van der Waals surface area contributed by atoms with Gasteiger partial charge in [0.2, 0.25) is 0 Å². The van der Waals surface area contributed by atoms with Gasteiger partial charge in [-0.2, -0.15) is 0 Å². The number of allylic oxidation sites excluding steroid dienone is 3. The van der Waals surface area contributed by atoms with Crippen molar-refractivity contribution in [2.24, 2.45) is 4.99 Å². The summed E-state index contributed by atoms with van der Waals surface area (Å²) in [5, 5.41) is 10.5. The average molecular weight is 560 g/mol. The smallest absolute Gasteiger partial charge is 0.410 e. The lowest BCUT2D eigenvalue weighted by molar-refractivity contribution is -0.132. The summed E-state index contributed by atoms with van der Waals surface area (Å²) in [6.07, 6.45) is 8.07. The van der Waals surface area contributed by atoms with Crippen molar-refractivity contribution in [3.63, 3.8) is 0 Å². The van der Waals surface area contributed by atoms with Gasteiger partial charge in [0.1, 0.15) is 5.60 Å². The molecule has 1 fully saturated rings. The number of carboxylic acids is 1. The van der Waals surface area contributed by atoms with Gasteiger partial charge in [-0.05, 0) is 72.1 Å². The highest BCUT2D eigenvalue weighted by Gasteiger charge is 2.28. The molecule has 1 aromatic rings. The number of amides is 1. The Morgan fingerprint density at radius 1 is 1.10 bits per heavy atom. The summed E-state index contributed by atoms with van der Waals surface area (Å²) in [4.78, 5) is 32.3. The second-order valence-electron chi connectivity index (χ2n) is 10.3. The number of aliphatic imine (C=N–C) groups is 1. The number of hydrogen-bond acceptors (Lipinski definition) is 5. The van der Waals surface area contributed by atoms with Gasteiger partial charge in [-0.1, -0.05) is 56.2 Å². The molecule has 1 amide bonds. The standard InChI is InChI=1S/C22H35N3O4.C9H11Cl/c1-8-10-11-23-16(3)19(18(9-2)20(26)27)17(4)24-12-14-25(15-13-24)21(28)29-22(5,6)7;1-2-4-8-5-3-6-9(10)7-8/h9-11H,8,12-15H2,1-7H3,(H,26,27);3,5-7H,2,4H2,1H3/b11-10+,18-9+,19-17-,23-16+;. The number of ether oxygens (including phenoxy) is 1. The molecule has 216 valence electrons. The van der Waals surface area contributed by atoms with Crippen LogP contribution in [0.2, 0.25) is 5.02 Å². The predicted molar refractivity (Wildman–Crippen MR) is 161 cm³/mol. The van der Waals surface area contributed by atoms with Gasteiger partial charge in [-0.15, -0.1) is 0 Å². The molecular formula is C31H46ClN3O4. The van der Waals surface area contributed by atoms with Gasteiger partial charge in [0.15, 0.2) is 0 Å². The number of benzene rings is 1. The molecule has 1 aliphatic heterocycles. The van der Waals surface area contributed by atoms with E-state index in [0.717, 1.165) is 23.6 Å². The first-order valence-electron chi connectivity index (χ1n) is 13.6. The van der Waals surface area contributed by atoms with E-state index in [0.29, 0.717) is 37.5 Å². The number of carboxylic acid groups (broad SMARTS) is 1. The van der Waals surface area contributed by atoms with Crippen molar-refractivity contribution < 1.29 is 19.4 Å². The van der Waals surface area contributed by atoms with Crippen LogP contribution in [0, 0.1) is 0 Å². The summed E-state index contributed by atoms with van der Waals surface area (Å²) in [6, 6.07) is 8.02. The normalized spacial score (nSPS) is 15.5. The van der Waals surface area contributed by atoms with E-state index >= 15 is 0 Å². The number of aliphatic carboxylic acids is 1. The number of aryl methyl sites for hydroxylation is 1. The summed E-state index contributed by atoms with van der Waals surface area (Å²) < 4.78 is 5.44. The van der Waals surface area contributed by atoms with Crippen molar-refractivity contribution in [3.8, 4) is 0 Å². The Morgan fingerprint density at radius 3 is 2.21 bits per heavy atom. The second kappa shape index (κ2) is 16.8. The van der Waals surface area contributed by atoms with Crippen LogP contribution >= 0.6 is 11.6 Å². The summed E-state index contributed by atoms with van der Waals surface area (Å²) in [5.41, 5.74) is 3.14. The predicted octanol–water partition coefficient (Wildman–Crippen LogP) is 7.52. The molecule has 0 bridgehead atoms. The molecule has 8 heteroatoms. The van der Waals surface area contributed by atoms with E-state index in [2.05, 4.69) is 22.9 Å². The van der Waals surface area contributed by atoms with Crippen molar-refractivity contribution in [2.75, 3.05) is 26.2 Å². The first-order valence-corrected chi connectivity index (χ1v) is 14.0. The van der Waals surface area contributed by atoms with Crippen LogP contribution in [0.15, 0.2) is 64.5 Å². The number of carbonyl (C=O) groups excluding carboxylic acids is 1. The van der Waals surface area contributed by atoms with Gasteiger partial charge < -0.3 is 19.6 Å². The van der Waals surface area contributed by atoms with Crippen LogP contribution in [0.1, 0.15) is 73.8 Å². The Hall–Kier alpha value is -3.06. The van der Waals surface area contributed by atoms with Crippen molar-refractivity contribution in [1.29, 1.82) is 0 Å². The Kier molecular flexibility index (Phi) is 14.6. The zero-order valence-electron chi connectivity index (χ0n) is 24.9. The van der Waals surface area contributed by atoms with Gasteiger partial charge >= 0.3 is 12.1 Å². The number of rotatable bonds is 8. The van der Waals surface area contributed by atoms with E-state index in [1.165, 1.54) is 12.0 Å². The lowest BCUT2D eigenvalue weighted by atomic mass is 9.98. The molecule has 1 heterocycles. The molecule has 0 spiro atoms. The van der Waals surface area contributed by atoms with Crippen molar-refractivity contribution in [1.82, 2.24) is 9.80 Å². The maximum absolute atomic E-state index is 12.3. The molecule has 7 nitrogen and oxygen atoms in total. The minimum atomic E-state index is -0.983. The molecule has 1 N–H and O–H groups in total. The first-order chi connectivity index (χ1) is 18.3. The topological polar surface area (TPSA) is 82.4 Å². The van der Waals surface area contributed by atoms with Crippen LogP contribution in [-0.4, -0.2) is 64.5 Å². The SMILES string of the molecule is CCCc1cccc(Cl)c1.C\C=C(C(=O)O)/C(C(/C)=N/C=C/CC)=C(/C)N1CCN(C(=O)OC(C)(C)C)CC1. The van der Waals surface area contributed by atoms with E-state index in [1.807, 2.05) is 65.8 Å². The third kappa shape index (κ3) is 12.1. The molecule has 39 heavy (non-hydrogen) atoms. The summed E-state index contributed by atoms with van der Waals surface area (Å²) in [7, 11) is 0. The van der Waals surface area contributed by atoms with Crippen LogP contribution < -0.4 is 0 Å². The highest BCUT2D eigenvalue weighted by atomic mass is 35.5. The van der Waals surface area contributed by atoms with E-state index in [1.54, 1.807) is 24.1 Å². The Bertz CT molecular complexity index is 1080. The number of piperazine rings is 1. The summed E-state index contributed by atoms with van der Waals surface area (Å²) in [5.74, 6) is -0.983. The zero-order valence-corrected chi connectivity index (χ0v) is 25.6. The highest BCUT2D eigenvalue weighted by Crippen LogP contribution is 2.23. The molecule has 1 aromatic carbocycles. The maximum atomic E-state index is 12.3. The number of carbonyl (C=O) groups is 2. The molecule has 0 unspecified atom stereocenters. The Balaban J connectivity index is 0.000000633. The molecule has 0 radical (unpaired) electrons. The van der Waals surface area contributed by atoms with Crippen molar-refractivity contribution in [2.45, 2.75) is 80.3 Å². The van der Waals surface area contributed by atoms with Gasteiger partial charge in [-0.3, -0.25) is 4.99 Å². The van der Waals surface area contributed by atoms with Crippen molar-refractivity contribution >= 4 is 29.4 Å². The molecule has 0 atom stereocenters. The van der Waals surface area contributed by atoms with Gasteiger partial charge in [-0.25, -0.2) is 9.59 Å². The fourth-order valence-corrected chi connectivity index (χ4v) is 4.26. The molecule has 0 aromatic heterocycles. The third-order valence-electron chi connectivity index (χ3n) is 5.95. The van der Waals surface area contributed by atoms with E-state index in [9.17, 15) is 14.7 Å².